The van der Waals surface area contributed by atoms with Crippen LogP contribution in [0.5, 0.6) is 0 Å². The van der Waals surface area contributed by atoms with Crippen molar-refractivity contribution in [3.05, 3.63) is 35.1 Å². The second-order valence-electron chi connectivity index (χ2n) is 6.41. The number of amides is 2. The smallest absolute Gasteiger partial charge is 0.243 e. The number of likely N-dealkylation sites (tertiary alicyclic amines) is 1. The molecule has 3 rings (SSSR count). The minimum Gasteiger partial charge on any atom is -0.347 e. The standard InChI is InChI=1S/C18H23FN2O2/c1-2-16(21-10-4-7-17(21)22)18(23)20-15-6-3-5-12-8-9-13(19)11-14(12)15/h8-9,11,15-16H,2-7,10H2,1H3,(H,20,23)/t15-,16+/m1/s1. The maximum atomic E-state index is 13.6. The van der Waals surface area contributed by atoms with Gasteiger partial charge in [0.15, 0.2) is 0 Å². The molecule has 124 valence electrons. The molecule has 0 spiro atoms. The van der Waals surface area contributed by atoms with Gasteiger partial charge in [-0.3, -0.25) is 9.59 Å². The second-order valence-corrected chi connectivity index (χ2v) is 6.41. The average molecular weight is 318 g/mol. The van der Waals surface area contributed by atoms with E-state index in [-0.39, 0.29) is 23.7 Å². The lowest BCUT2D eigenvalue weighted by Crippen LogP contribution is -2.48. The number of rotatable bonds is 4. The molecule has 1 N–H and O–H groups in total. The Morgan fingerprint density at radius 1 is 1.39 bits per heavy atom. The first kappa shape index (κ1) is 16.0. The van der Waals surface area contributed by atoms with Gasteiger partial charge in [-0.1, -0.05) is 13.0 Å². The lowest BCUT2D eigenvalue weighted by atomic mass is 9.87. The van der Waals surface area contributed by atoms with E-state index >= 15 is 0 Å². The molecule has 0 bridgehead atoms. The van der Waals surface area contributed by atoms with Gasteiger partial charge in [0, 0.05) is 13.0 Å². The molecule has 2 aliphatic rings. The molecule has 1 fully saturated rings. The molecule has 0 unspecified atom stereocenters. The van der Waals surface area contributed by atoms with Gasteiger partial charge in [0.25, 0.3) is 0 Å². The monoisotopic (exact) mass is 318 g/mol. The van der Waals surface area contributed by atoms with E-state index in [0.717, 1.165) is 36.8 Å². The number of nitrogens with zero attached hydrogens (tertiary/aromatic N) is 1. The molecule has 1 aromatic carbocycles. The van der Waals surface area contributed by atoms with E-state index in [2.05, 4.69) is 5.32 Å². The number of carbonyl (C=O) groups excluding carboxylic acids is 2. The maximum Gasteiger partial charge on any atom is 0.243 e. The van der Waals surface area contributed by atoms with Crippen LogP contribution in [0.3, 0.4) is 0 Å². The Morgan fingerprint density at radius 3 is 2.91 bits per heavy atom. The minimum absolute atomic E-state index is 0.0575. The van der Waals surface area contributed by atoms with E-state index in [9.17, 15) is 14.0 Å². The summed E-state index contributed by atoms with van der Waals surface area (Å²) >= 11 is 0. The Labute approximate surface area is 136 Å². The Balaban J connectivity index is 1.75. The zero-order chi connectivity index (χ0) is 16.4. The van der Waals surface area contributed by atoms with Gasteiger partial charge < -0.3 is 10.2 Å². The molecule has 1 heterocycles. The van der Waals surface area contributed by atoms with E-state index in [0.29, 0.717) is 19.4 Å². The summed E-state index contributed by atoms with van der Waals surface area (Å²) < 4.78 is 13.6. The highest BCUT2D eigenvalue weighted by Gasteiger charge is 2.33. The third-order valence-corrected chi connectivity index (χ3v) is 4.91. The second kappa shape index (κ2) is 6.69. The van der Waals surface area contributed by atoms with Crippen molar-refractivity contribution >= 4 is 11.8 Å². The summed E-state index contributed by atoms with van der Waals surface area (Å²) in [5, 5.41) is 3.05. The minimum atomic E-state index is -0.413. The summed E-state index contributed by atoms with van der Waals surface area (Å²) in [6.07, 6.45) is 4.65. The Kier molecular flexibility index (Phi) is 4.64. The van der Waals surface area contributed by atoms with Crippen molar-refractivity contribution in [2.45, 2.75) is 57.5 Å². The Bertz CT molecular complexity index is 617. The quantitative estimate of drug-likeness (QED) is 0.928. The van der Waals surface area contributed by atoms with Crippen LogP contribution in [0.4, 0.5) is 4.39 Å². The van der Waals surface area contributed by atoms with E-state index < -0.39 is 6.04 Å². The third kappa shape index (κ3) is 3.23. The van der Waals surface area contributed by atoms with Gasteiger partial charge in [-0.05, 0) is 55.4 Å². The molecule has 0 saturated carbocycles. The zero-order valence-electron chi connectivity index (χ0n) is 13.5. The third-order valence-electron chi connectivity index (χ3n) is 4.91. The van der Waals surface area contributed by atoms with Crippen LogP contribution in [0.1, 0.15) is 56.2 Å². The fourth-order valence-corrected chi connectivity index (χ4v) is 3.73. The number of benzene rings is 1. The van der Waals surface area contributed by atoms with Crippen LogP contribution in [0.2, 0.25) is 0 Å². The van der Waals surface area contributed by atoms with Crippen LogP contribution >= 0.6 is 0 Å². The molecule has 4 nitrogen and oxygen atoms in total. The highest BCUT2D eigenvalue weighted by molar-refractivity contribution is 5.88. The van der Waals surface area contributed by atoms with Gasteiger partial charge >= 0.3 is 0 Å². The van der Waals surface area contributed by atoms with Gasteiger partial charge in [-0.15, -0.1) is 0 Å². The first-order chi connectivity index (χ1) is 11.1. The summed E-state index contributed by atoms with van der Waals surface area (Å²) in [6.45, 7) is 2.57. The predicted molar refractivity (Wildman–Crippen MR) is 85.2 cm³/mol. The van der Waals surface area contributed by atoms with Crippen molar-refractivity contribution in [3.8, 4) is 0 Å². The predicted octanol–water partition coefficient (Wildman–Crippen LogP) is 2.72. The van der Waals surface area contributed by atoms with Crippen molar-refractivity contribution in [2.75, 3.05) is 6.54 Å². The highest BCUT2D eigenvalue weighted by atomic mass is 19.1. The maximum absolute atomic E-state index is 13.6. The topological polar surface area (TPSA) is 49.4 Å². The molecule has 0 aromatic heterocycles. The largest absolute Gasteiger partial charge is 0.347 e. The Hall–Kier alpha value is -1.91. The fourth-order valence-electron chi connectivity index (χ4n) is 3.73. The van der Waals surface area contributed by atoms with E-state index in [4.69, 9.17) is 0 Å². The van der Waals surface area contributed by atoms with Crippen LogP contribution in [0.15, 0.2) is 18.2 Å². The lowest BCUT2D eigenvalue weighted by Gasteiger charge is -2.31. The van der Waals surface area contributed by atoms with Crippen LogP contribution in [-0.4, -0.2) is 29.3 Å². The normalized spacial score (nSPS) is 21.9. The summed E-state index contributed by atoms with van der Waals surface area (Å²) in [4.78, 5) is 26.3. The number of nitrogens with one attached hydrogen (secondary N) is 1. The van der Waals surface area contributed by atoms with Crippen LogP contribution in [-0.2, 0) is 16.0 Å². The molecule has 0 radical (unpaired) electrons. The van der Waals surface area contributed by atoms with Gasteiger partial charge in [-0.2, -0.15) is 0 Å². The number of aryl methyl sites for hydroxylation is 1. The summed E-state index contributed by atoms with van der Waals surface area (Å²) in [5.74, 6) is -0.335. The van der Waals surface area contributed by atoms with E-state index in [1.165, 1.54) is 12.1 Å². The number of halogens is 1. The SMILES string of the molecule is CC[C@@H](C(=O)N[C@@H]1CCCc2ccc(F)cc21)N1CCCC1=O. The van der Waals surface area contributed by atoms with Gasteiger partial charge in [0.2, 0.25) is 11.8 Å². The van der Waals surface area contributed by atoms with Crippen molar-refractivity contribution in [1.82, 2.24) is 10.2 Å². The van der Waals surface area contributed by atoms with Crippen molar-refractivity contribution in [3.63, 3.8) is 0 Å². The highest BCUT2D eigenvalue weighted by Crippen LogP contribution is 2.30. The van der Waals surface area contributed by atoms with E-state index in [1.807, 2.05) is 13.0 Å². The van der Waals surface area contributed by atoms with Crippen molar-refractivity contribution in [1.29, 1.82) is 0 Å². The van der Waals surface area contributed by atoms with Crippen LogP contribution in [0.25, 0.3) is 0 Å². The van der Waals surface area contributed by atoms with Gasteiger partial charge in [-0.25, -0.2) is 4.39 Å². The molecule has 1 aromatic rings. The number of hydrogen-bond donors (Lipinski definition) is 1. The van der Waals surface area contributed by atoms with Crippen molar-refractivity contribution < 1.29 is 14.0 Å². The molecule has 5 heteroatoms. The molecule has 23 heavy (non-hydrogen) atoms. The molecule has 1 aliphatic carbocycles. The Morgan fingerprint density at radius 2 is 2.22 bits per heavy atom. The molecule has 2 atom stereocenters. The summed E-state index contributed by atoms with van der Waals surface area (Å²) in [7, 11) is 0. The number of carbonyl (C=O) groups is 2. The average Bonchev–Trinajstić information content (AvgIpc) is 2.95. The van der Waals surface area contributed by atoms with E-state index in [1.54, 1.807) is 4.90 Å². The zero-order valence-corrected chi connectivity index (χ0v) is 13.5. The van der Waals surface area contributed by atoms with Gasteiger partial charge in [0.05, 0.1) is 6.04 Å². The molecular formula is C18H23FN2O2. The molecule has 2 amide bonds. The summed E-state index contributed by atoms with van der Waals surface area (Å²) in [6, 6.07) is 4.24. The first-order valence-electron chi connectivity index (χ1n) is 8.48. The molecule has 1 aliphatic heterocycles. The first-order valence-corrected chi connectivity index (χ1v) is 8.48. The number of fused-ring (bicyclic) bond motifs is 1. The van der Waals surface area contributed by atoms with Crippen molar-refractivity contribution in [2.24, 2.45) is 0 Å². The molecule has 1 saturated heterocycles. The summed E-state index contributed by atoms with van der Waals surface area (Å²) in [5.41, 5.74) is 1.99. The molecular weight excluding hydrogens is 295 g/mol. The lowest BCUT2D eigenvalue weighted by molar-refractivity contribution is -0.138. The van der Waals surface area contributed by atoms with Crippen LogP contribution < -0.4 is 5.32 Å². The number of hydrogen-bond acceptors (Lipinski definition) is 2. The van der Waals surface area contributed by atoms with Gasteiger partial charge in [0.1, 0.15) is 11.9 Å². The van der Waals surface area contributed by atoms with Crippen LogP contribution in [0, 0.1) is 5.82 Å². The fraction of sp³-hybridized carbons (Fsp3) is 0.556.